The van der Waals surface area contributed by atoms with Gasteiger partial charge in [-0.05, 0) is 18.9 Å². The molecule has 0 N–H and O–H groups in total. The molecule has 1 fully saturated rings. The van der Waals surface area contributed by atoms with E-state index in [-0.39, 0.29) is 0 Å². The Morgan fingerprint density at radius 3 is 2.25 bits per heavy atom. The number of hydrogen-bond donors (Lipinski definition) is 0. The Balaban J connectivity index is 2.52. The summed E-state index contributed by atoms with van der Waals surface area (Å²) in [6.45, 7) is 3.29. The van der Waals surface area contributed by atoms with Crippen molar-refractivity contribution in [2.24, 2.45) is 0 Å². The molecule has 0 aromatic rings. The van der Waals surface area contributed by atoms with Crippen molar-refractivity contribution in [2.75, 3.05) is 0 Å². The monoisotopic (exact) mass is 180 g/mol. The van der Waals surface area contributed by atoms with E-state index in [1.807, 2.05) is 0 Å². The van der Waals surface area contributed by atoms with Crippen molar-refractivity contribution >= 4 is 5.97 Å². The van der Waals surface area contributed by atoms with Gasteiger partial charge in [0.15, 0.2) is 0 Å². The zero-order valence-corrected chi connectivity index (χ0v) is 6.15. The molecule has 5 heteroatoms. The number of esters is 1. The smallest absolute Gasteiger partial charge is 0.448 e. The fraction of sp³-hybridized carbons (Fsp3) is 0.571. The van der Waals surface area contributed by atoms with E-state index in [9.17, 15) is 18.0 Å². The average molecular weight is 180 g/mol. The molecule has 12 heavy (non-hydrogen) atoms. The summed E-state index contributed by atoms with van der Waals surface area (Å²) in [5.41, 5.74) is -1.04. The van der Waals surface area contributed by atoms with Crippen molar-refractivity contribution in [3.05, 3.63) is 12.7 Å². The summed E-state index contributed by atoms with van der Waals surface area (Å²) in [4.78, 5) is 10.3. The van der Waals surface area contributed by atoms with Crippen LogP contribution in [0.2, 0.25) is 0 Å². The maximum Gasteiger partial charge on any atom is 0.490 e. The molecule has 2 nitrogen and oxygen atoms in total. The first-order valence-electron chi connectivity index (χ1n) is 3.33. The molecule has 1 aliphatic carbocycles. The molecule has 0 heterocycles. The van der Waals surface area contributed by atoms with E-state index in [4.69, 9.17) is 0 Å². The van der Waals surface area contributed by atoms with Crippen LogP contribution in [0.4, 0.5) is 13.2 Å². The third-order valence-corrected chi connectivity index (χ3v) is 1.64. The van der Waals surface area contributed by atoms with Gasteiger partial charge in [-0.15, -0.1) is 0 Å². The first kappa shape index (κ1) is 9.09. The van der Waals surface area contributed by atoms with Gasteiger partial charge in [-0.1, -0.05) is 6.58 Å². The zero-order valence-electron chi connectivity index (χ0n) is 6.15. The normalized spacial score (nSPS) is 19.9. The van der Waals surface area contributed by atoms with Crippen molar-refractivity contribution in [2.45, 2.75) is 24.6 Å². The Morgan fingerprint density at radius 2 is 2.00 bits per heavy atom. The lowest BCUT2D eigenvalue weighted by atomic mass is 10.3. The van der Waals surface area contributed by atoms with Crippen LogP contribution in [0, 0.1) is 0 Å². The summed E-state index contributed by atoms with van der Waals surface area (Å²) in [5.74, 6) is -2.14. The van der Waals surface area contributed by atoms with Gasteiger partial charge in [0.05, 0.1) is 0 Å². The highest BCUT2D eigenvalue weighted by Gasteiger charge is 2.50. The second-order valence-corrected chi connectivity index (χ2v) is 2.66. The lowest BCUT2D eigenvalue weighted by Crippen LogP contribution is -2.30. The molecule has 0 bridgehead atoms. The summed E-state index contributed by atoms with van der Waals surface area (Å²) in [6, 6.07) is 0. The van der Waals surface area contributed by atoms with Crippen molar-refractivity contribution in [1.29, 1.82) is 0 Å². The molecular weight excluding hydrogens is 173 g/mol. The minimum Gasteiger partial charge on any atom is -0.448 e. The lowest BCUT2D eigenvalue weighted by Gasteiger charge is -2.12. The van der Waals surface area contributed by atoms with E-state index >= 15 is 0 Å². The molecule has 0 amide bonds. The standard InChI is InChI=1S/C7H7F3O2/c1-2-6(3-4-6)12-5(11)7(8,9)10/h2H,1,3-4H2. The van der Waals surface area contributed by atoms with Crippen LogP contribution in [-0.2, 0) is 9.53 Å². The molecule has 1 saturated carbocycles. The van der Waals surface area contributed by atoms with Gasteiger partial charge in [-0.25, -0.2) is 4.79 Å². The van der Waals surface area contributed by atoms with Gasteiger partial charge < -0.3 is 4.74 Å². The minimum atomic E-state index is -4.90. The Hall–Kier alpha value is -1.00. The lowest BCUT2D eigenvalue weighted by molar-refractivity contribution is -0.204. The number of carbonyl (C=O) groups excluding carboxylic acids is 1. The van der Waals surface area contributed by atoms with Crippen LogP contribution in [-0.4, -0.2) is 17.7 Å². The van der Waals surface area contributed by atoms with Crippen molar-refractivity contribution in [1.82, 2.24) is 0 Å². The Morgan fingerprint density at radius 1 is 1.50 bits per heavy atom. The van der Waals surface area contributed by atoms with Crippen LogP contribution in [0.25, 0.3) is 0 Å². The third-order valence-electron chi connectivity index (χ3n) is 1.64. The van der Waals surface area contributed by atoms with E-state index in [2.05, 4.69) is 11.3 Å². The van der Waals surface area contributed by atoms with Crippen LogP contribution in [0.1, 0.15) is 12.8 Å². The van der Waals surface area contributed by atoms with E-state index < -0.39 is 17.7 Å². The number of rotatable bonds is 2. The zero-order chi connectivity index (χ0) is 9.41. The topological polar surface area (TPSA) is 26.3 Å². The van der Waals surface area contributed by atoms with Crippen LogP contribution < -0.4 is 0 Å². The first-order valence-corrected chi connectivity index (χ1v) is 3.33. The van der Waals surface area contributed by atoms with Crippen LogP contribution >= 0.6 is 0 Å². The van der Waals surface area contributed by atoms with E-state index in [0.29, 0.717) is 12.8 Å². The number of hydrogen-bond acceptors (Lipinski definition) is 2. The molecule has 0 saturated heterocycles. The SMILES string of the molecule is C=CC1(OC(=O)C(F)(F)F)CC1. The minimum absolute atomic E-state index is 0.429. The van der Waals surface area contributed by atoms with E-state index in [0.717, 1.165) is 0 Å². The molecule has 68 valence electrons. The largest absolute Gasteiger partial charge is 0.490 e. The maximum absolute atomic E-state index is 11.6. The fourth-order valence-electron chi connectivity index (χ4n) is 0.714. The predicted octanol–water partition coefficient (Wildman–Crippen LogP) is 1.81. The molecule has 1 aliphatic rings. The van der Waals surface area contributed by atoms with Gasteiger partial charge in [-0.3, -0.25) is 0 Å². The average Bonchev–Trinajstić information content (AvgIpc) is 2.67. The number of ether oxygens (including phenoxy) is 1. The summed E-state index contributed by atoms with van der Waals surface area (Å²) < 4.78 is 39.1. The number of alkyl halides is 3. The fourth-order valence-corrected chi connectivity index (χ4v) is 0.714. The molecule has 0 aromatic heterocycles. The van der Waals surface area contributed by atoms with Crippen molar-refractivity contribution in [3.63, 3.8) is 0 Å². The van der Waals surface area contributed by atoms with Gasteiger partial charge in [-0.2, -0.15) is 13.2 Å². The summed E-state index contributed by atoms with van der Waals surface area (Å²) in [5, 5.41) is 0. The van der Waals surface area contributed by atoms with Gasteiger partial charge in [0.25, 0.3) is 0 Å². The molecule has 0 aromatic carbocycles. The van der Waals surface area contributed by atoms with Crippen LogP contribution in [0.15, 0.2) is 12.7 Å². The molecular formula is C7H7F3O2. The molecule has 1 rings (SSSR count). The summed E-state index contributed by atoms with van der Waals surface area (Å²) >= 11 is 0. The highest BCUT2D eigenvalue weighted by atomic mass is 19.4. The van der Waals surface area contributed by atoms with E-state index in [1.54, 1.807) is 0 Å². The second kappa shape index (κ2) is 2.50. The molecule has 0 atom stereocenters. The van der Waals surface area contributed by atoms with Gasteiger partial charge in [0, 0.05) is 0 Å². The highest BCUT2D eigenvalue weighted by molar-refractivity contribution is 5.76. The van der Waals surface area contributed by atoms with Gasteiger partial charge >= 0.3 is 12.1 Å². The summed E-state index contributed by atoms with van der Waals surface area (Å²) in [7, 11) is 0. The first-order chi connectivity index (χ1) is 5.40. The second-order valence-electron chi connectivity index (χ2n) is 2.66. The molecule has 0 radical (unpaired) electrons. The summed E-state index contributed by atoms with van der Waals surface area (Å²) in [6.07, 6.45) is -2.81. The van der Waals surface area contributed by atoms with Gasteiger partial charge in [0.1, 0.15) is 5.60 Å². The third kappa shape index (κ3) is 1.78. The van der Waals surface area contributed by atoms with Crippen LogP contribution in [0.5, 0.6) is 0 Å². The van der Waals surface area contributed by atoms with Gasteiger partial charge in [0.2, 0.25) is 0 Å². The quantitative estimate of drug-likeness (QED) is 0.478. The van der Waals surface area contributed by atoms with Crippen molar-refractivity contribution in [3.8, 4) is 0 Å². The van der Waals surface area contributed by atoms with Crippen molar-refractivity contribution < 1.29 is 22.7 Å². The van der Waals surface area contributed by atoms with Crippen LogP contribution in [0.3, 0.4) is 0 Å². The van der Waals surface area contributed by atoms with E-state index in [1.165, 1.54) is 6.08 Å². The molecule has 0 unspecified atom stereocenters. The maximum atomic E-state index is 11.6. The Labute approximate surface area is 67.0 Å². The Kier molecular flexibility index (Phi) is 1.89. The molecule has 0 spiro atoms. The Bertz CT molecular complexity index is 215. The highest BCUT2D eigenvalue weighted by Crippen LogP contribution is 2.41. The number of carbonyl (C=O) groups is 1. The predicted molar refractivity (Wildman–Crippen MR) is 34.3 cm³/mol. The molecule has 0 aliphatic heterocycles. The number of halogens is 3.